The van der Waals surface area contributed by atoms with Crippen LogP contribution in [0.25, 0.3) is 49.3 Å². The van der Waals surface area contributed by atoms with Crippen molar-refractivity contribution >= 4 is 59.0 Å². The summed E-state index contributed by atoms with van der Waals surface area (Å²) in [4.78, 5) is 13.7. The molecule has 0 saturated heterocycles. The van der Waals surface area contributed by atoms with Gasteiger partial charge in [-0.25, -0.2) is 4.79 Å². The standard InChI is InChI=1S/C29H23NO14S2/c1-38-18-6-5-15(10-23(18)43-45(32,33)34)25-26-17-12-22(41-4)24(44-46(35,36)37)13-19(17)42-29(31)28(26)30-8-7-14-9-20(39-2)21(40-3)11-16(14)27(25)30/h5-13H,1-4H3,(H,32,33,34)(H,35,36,37). The molecule has 17 heteroatoms. The Bertz CT molecular complexity index is 2500. The highest BCUT2D eigenvalue weighted by Gasteiger charge is 2.26. The topological polar surface area (TPSA) is 199 Å². The van der Waals surface area contributed by atoms with Gasteiger partial charge in [0.15, 0.2) is 34.5 Å². The highest BCUT2D eigenvalue weighted by molar-refractivity contribution is 7.81. The summed E-state index contributed by atoms with van der Waals surface area (Å²) in [5.74, 6) is -0.170. The molecule has 0 bridgehead atoms. The Labute approximate surface area is 259 Å². The second-order valence-electron chi connectivity index (χ2n) is 9.70. The molecule has 3 heterocycles. The van der Waals surface area contributed by atoms with Crippen LogP contribution in [-0.2, 0) is 20.8 Å². The Balaban J connectivity index is 1.86. The number of benzene rings is 3. The van der Waals surface area contributed by atoms with E-state index < -0.39 is 32.2 Å². The van der Waals surface area contributed by atoms with Crippen LogP contribution in [0.15, 0.2) is 63.9 Å². The molecule has 0 amide bonds. The molecule has 0 unspecified atom stereocenters. The van der Waals surface area contributed by atoms with E-state index in [-0.39, 0.29) is 39.1 Å². The van der Waals surface area contributed by atoms with Crippen LogP contribution in [0, 0.1) is 0 Å². The molecular weight excluding hydrogens is 650 g/mol. The van der Waals surface area contributed by atoms with Gasteiger partial charge in [0.2, 0.25) is 0 Å². The van der Waals surface area contributed by atoms with Gasteiger partial charge in [-0.05, 0) is 47.3 Å². The molecular formula is C29H23NO14S2. The largest absolute Gasteiger partial charge is 0.493 e. The Morgan fingerprint density at radius 1 is 0.652 bits per heavy atom. The smallest absolute Gasteiger partial charge is 0.446 e. The van der Waals surface area contributed by atoms with Gasteiger partial charge < -0.3 is 36.1 Å². The molecule has 6 aromatic rings. The number of methoxy groups -OCH3 is 4. The fraction of sp³-hybridized carbons (Fsp3) is 0.138. The highest BCUT2D eigenvalue weighted by Crippen LogP contribution is 2.46. The van der Waals surface area contributed by atoms with E-state index in [2.05, 4.69) is 4.18 Å². The van der Waals surface area contributed by atoms with E-state index in [4.69, 9.17) is 27.5 Å². The number of ether oxygens (including phenoxy) is 4. The number of nitrogens with zero attached hydrogens (tertiary/aromatic N) is 1. The molecule has 0 saturated carbocycles. The molecule has 0 aliphatic rings. The lowest BCUT2D eigenvalue weighted by Crippen LogP contribution is -2.08. The van der Waals surface area contributed by atoms with Crippen LogP contribution in [-0.4, -0.2) is 58.8 Å². The Kier molecular flexibility index (Phi) is 7.35. The third-order valence-corrected chi connectivity index (χ3v) is 7.97. The van der Waals surface area contributed by atoms with Gasteiger partial charge in [-0.2, -0.15) is 16.8 Å². The SMILES string of the molecule is COc1cc2ccn3c(c(-c4ccc(OC)c(OS(=O)(=O)O)c4)c4c5cc(OC)c(OS(=O)(=O)O)cc5oc(=O)c43)c2cc1OC. The van der Waals surface area contributed by atoms with E-state index in [1.165, 1.54) is 46.6 Å². The van der Waals surface area contributed by atoms with Crippen LogP contribution in [0.3, 0.4) is 0 Å². The van der Waals surface area contributed by atoms with E-state index in [0.717, 1.165) is 6.07 Å². The number of fused-ring (bicyclic) bond motifs is 7. The van der Waals surface area contributed by atoms with Crippen molar-refractivity contribution < 1.29 is 57.7 Å². The molecule has 3 aromatic carbocycles. The number of rotatable bonds is 9. The Morgan fingerprint density at radius 3 is 1.83 bits per heavy atom. The van der Waals surface area contributed by atoms with Crippen molar-refractivity contribution in [2.24, 2.45) is 0 Å². The van der Waals surface area contributed by atoms with Crippen molar-refractivity contribution in [3.63, 3.8) is 0 Å². The average molecular weight is 674 g/mol. The van der Waals surface area contributed by atoms with Crippen molar-refractivity contribution in [3.8, 4) is 45.6 Å². The van der Waals surface area contributed by atoms with Gasteiger partial charge >= 0.3 is 26.4 Å². The minimum absolute atomic E-state index is 0.0245. The minimum Gasteiger partial charge on any atom is -0.493 e. The predicted octanol–water partition coefficient (Wildman–Crippen LogP) is 4.42. The molecule has 3 aromatic heterocycles. The fourth-order valence-corrected chi connectivity index (χ4v) is 6.17. The van der Waals surface area contributed by atoms with Crippen molar-refractivity contribution in [1.82, 2.24) is 4.40 Å². The molecule has 0 atom stereocenters. The van der Waals surface area contributed by atoms with Crippen LogP contribution in [0.2, 0.25) is 0 Å². The summed E-state index contributed by atoms with van der Waals surface area (Å²) in [5.41, 5.74) is 0.175. The molecule has 15 nitrogen and oxygen atoms in total. The predicted molar refractivity (Wildman–Crippen MR) is 164 cm³/mol. The van der Waals surface area contributed by atoms with Gasteiger partial charge in [-0.15, -0.1) is 0 Å². The van der Waals surface area contributed by atoms with E-state index in [1.807, 2.05) is 0 Å². The van der Waals surface area contributed by atoms with Crippen LogP contribution in [0.4, 0.5) is 0 Å². The maximum atomic E-state index is 13.7. The first-order valence-electron chi connectivity index (χ1n) is 13.0. The van der Waals surface area contributed by atoms with Crippen LogP contribution >= 0.6 is 0 Å². The van der Waals surface area contributed by atoms with Crippen LogP contribution < -0.4 is 32.9 Å². The zero-order chi connectivity index (χ0) is 33.1. The first kappa shape index (κ1) is 30.8. The zero-order valence-corrected chi connectivity index (χ0v) is 25.9. The number of hydrogen-bond donors (Lipinski definition) is 2. The second kappa shape index (κ2) is 11.0. The number of hydrogen-bond acceptors (Lipinski definition) is 12. The normalized spacial score (nSPS) is 12.1. The average Bonchev–Trinajstić information content (AvgIpc) is 3.35. The fourth-order valence-electron chi connectivity index (χ4n) is 5.46. The van der Waals surface area contributed by atoms with Gasteiger partial charge in [-0.1, -0.05) is 6.07 Å². The molecule has 0 radical (unpaired) electrons. The first-order chi connectivity index (χ1) is 21.8. The highest BCUT2D eigenvalue weighted by atomic mass is 32.3. The molecule has 240 valence electrons. The van der Waals surface area contributed by atoms with E-state index in [0.29, 0.717) is 38.9 Å². The Hall–Kier alpha value is -5.23. The lowest BCUT2D eigenvalue weighted by atomic mass is 9.98. The maximum Gasteiger partial charge on any atom is 0.446 e. The van der Waals surface area contributed by atoms with Crippen LogP contribution in [0.5, 0.6) is 34.5 Å². The third kappa shape index (κ3) is 5.24. The summed E-state index contributed by atoms with van der Waals surface area (Å²) >= 11 is 0. The van der Waals surface area contributed by atoms with E-state index in [1.54, 1.807) is 34.9 Å². The van der Waals surface area contributed by atoms with E-state index >= 15 is 0 Å². The summed E-state index contributed by atoms with van der Waals surface area (Å²) in [7, 11) is -4.51. The second-order valence-corrected chi connectivity index (χ2v) is 11.7. The van der Waals surface area contributed by atoms with Gasteiger partial charge in [0, 0.05) is 34.0 Å². The van der Waals surface area contributed by atoms with Gasteiger partial charge in [0.25, 0.3) is 0 Å². The number of pyridine rings is 1. The summed E-state index contributed by atoms with van der Waals surface area (Å²) in [6.45, 7) is 0. The molecule has 0 aliphatic carbocycles. The van der Waals surface area contributed by atoms with E-state index in [9.17, 15) is 30.7 Å². The summed E-state index contributed by atoms with van der Waals surface area (Å²) < 4.78 is 104. The molecule has 2 N–H and O–H groups in total. The molecule has 6 rings (SSSR count). The zero-order valence-electron chi connectivity index (χ0n) is 24.3. The maximum absolute atomic E-state index is 13.7. The third-order valence-electron chi connectivity index (χ3n) is 7.19. The van der Waals surface area contributed by atoms with Crippen molar-refractivity contribution in [3.05, 3.63) is 65.1 Å². The van der Waals surface area contributed by atoms with Gasteiger partial charge in [-0.3, -0.25) is 9.11 Å². The first-order valence-corrected chi connectivity index (χ1v) is 15.7. The van der Waals surface area contributed by atoms with Crippen molar-refractivity contribution in [2.75, 3.05) is 28.4 Å². The molecule has 0 spiro atoms. The lowest BCUT2D eigenvalue weighted by molar-refractivity contribution is 0.356. The van der Waals surface area contributed by atoms with Gasteiger partial charge in [0.05, 0.1) is 34.0 Å². The lowest BCUT2D eigenvalue weighted by Gasteiger charge is -2.13. The minimum atomic E-state index is -4.99. The number of aromatic nitrogens is 1. The summed E-state index contributed by atoms with van der Waals surface area (Å²) in [6.07, 6.45) is 1.63. The molecule has 0 aliphatic heterocycles. The van der Waals surface area contributed by atoms with Crippen LogP contribution in [0.1, 0.15) is 0 Å². The molecule has 46 heavy (non-hydrogen) atoms. The summed E-state index contributed by atoms with van der Waals surface area (Å²) in [6, 6.07) is 11.9. The quantitative estimate of drug-likeness (QED) is 0.161. The summed E-state index contributed by atoms with van der Waals surface area (Å²) in [5, 5.41) is 1.76. The van der Waals surface area contributed by atoms with Gasteiger partial charge in [0.1, 0.15) is 11.1 Å². The Morgan fingerprint density at radius 2 is 1.22 bits per heavy atom. The molecule has 0 fully saturated rings. The van der Waals surface area contributed by atoms with Crippen molar-refractivity contribution in [2.45, 2.75) is 0 Å². The monoisotopic (exact) mass is 673 g/mol. The van der Waals surface area contributed by atoms with Crippen molar-refractivity contribution in [1.29, 1.82) is 0 Å².